The van der Waals surface area contributed by atoms with Gasteiger partial charge in [-0.05, 0) is 95.2 Å². The van der Waals surface area contributed by atoms with Crippen molar-refractivity contribution in [2.75, 3.05) is 22.9 Å². The quantitative estimate of drug-likeness (QED) is 0.228. The van der Waals surface area contributed by atoms with E-state index in [1.807, 2.05) is 24.5 Å². The summed E-state index contributed by atoms with van der Waals surface area (Å²) in [5.74, 6) is 3.30. The molecule has 0 atom stereocenters. The lowest BCUT2D eigenvalue weighted by molar-refractivity contribution is 0.482. The Morgan fingerprint density at radius 3 is 1.88 bits per heavy atom. The fourth-order valence-corrected chi connectivity index (χ4v) is 6.10. The van der Waals surface area contributed by atoms with Crippen molar-refractivity contribution in [3.8, 4) is 11.5 Å². The molecule has 0 unspecified atom stereocenters. The van der Waals surface area contributed by atoms with Gasteiger partial charge in [0.05, 0.1) is 6.57 Å². The SMILES string of the molecule is [C-]#[N+]c1cc(Oc2ccc3c(c2)N(c2cc(C(C)(C)C)ccn2)CCC3)cc2c1CCCN2c1cc(C(C)(C)C)ccn1. The molecular formula is C37H41N5O. The van der Waals surface area contributed by atoms with Gasteiger partial charge in [-0.2, -0.15) is 0 Å². The normalized spacial score (nSPS) is 15.0. The Balaban J connectivity index is 1.35. The van der Waals surface area contributed by atoms with E-state index in [4.69, 9.17) is 21.3 Å². The topological polar surface area (TPSA) is 45.9 Å². The lowest BCUT2D eigenvalue weighted by Crippen LogP contribution is -2.26. The molecule has 4 heterocycles. The minimum absolute atomic E-state index is 0.0207. The number of benzene rings is 2. The van der Waals surface area contributed by atoms with Gasteiger partial charge in [-0.3, -0.25) is 0 Å². The van der Waals surface area contributed by atoms with Crippen LogP contribution in [0.15, 0.2) is 67.0 Å². The highest BCUT2D eigenvalue weighted by Crippen LogP contribution is 2.44. The molecule has 2 aromatic carbocycles. The summed E-state index contributed by atoms with van der Waals surface area (Å²) in [6.45, 7) is 23.1. The van der Waals surface area contributed by atoms with Crippen LogP contribution in [0.25, 0.3) is 4.85 Å². The highest BCUT2D eigenvalue weighted by Gasteiger charge is 2.26. The van der Waals surface area contributed by atoms with Crippen LogP contribution in [0.3, 0.4) is 0 Å². The molecule has 0 radical (unpaired) electrons. The van der Waals surface area contributed by atoms with Crippen molar-refractivity contribution in [3.05, 3.63) is 101 Å². The lowest BCUT2D eigenvalue weighted by Gasteiger charge is -2.33. The van der Waals surface area contributed by atoms with E-state index in [9.17, 15) is 0 Å². The fraction of sp³-hybridized carbons (Fsp3) is 0.378. The van der Waals surface area contributed by atoms with Crippen LogP contribution in [0.2, 0.25) is 0 Å². The highest BCUT2D eigenvalue weighted by molar-refractivity contribution is 5.76. The molecule has 0 bridgehead atoms. The van der Waals surface area contributed by atoms with E-state index in [1.165, 1.54) is 16.7 Å². The highest BCUT2D eigenvalue weighted by atomic mass is 16.5. The number of aryl methyl sites for hydroxylation is 1. The van der Waals surface area contributed by atoms with Gasteiger partial charge in [0.1, 0.15) is 23.1 Å². The standard InChI is InChI=1S/C37H41N5O/c1-36(2,3)26-14-16-39-34(20-26)41-18-8-10-25-12-13-28(23-32(25)41)43-29-22-31(38-7)30-11-9-19-42(33(30)24-29)35-21-27(15-17-40-35)37(4,5)6/h12-17,20-24H,8-11,18-19H2,1-6H3. The van der Waals surface area contributed by atoms with Gasteiger partial charge in [0.2, 0.25) is 0 Å². The number of ether oxygens (including phenoxy) is 1. The van der Waals surface area contributed by atoms with Crippen molar-refractivity contribution in [1.82, 2.24) is 9.97 Å². The second-order valence-corrected chi connectivity index (χ2v) is 13.8. The Bertz CT molecular complexity index is 1710. The number of nitrogens with zero attached hydrogens (tertiary/aromatic N) is 5. The largest absolute Gasteiger partial charge is 0.459 e. The van der Waals surface area contributed by atoms with Crippen LogP contribution in [0.4, 0.5) is 28.7 Å². The predicted molar refractivity (Wildman–Crippen MR) is 176 cm³/mol. The third-order valence-electron chi connectivity index (χ3n) is 8.58. The van der Waals surface area contributed by atoms with Crippen LogP contribution >= 0.6 is 0 Å². The summed E-state index contributed by atoms with van der Waals surface area (Å²) in [7, 11) is 0. The zero-order valence-corrected chi connectivity index (χ0v) is 26.2. The predicted octanol–water partition coefficient (Wildman–Crippen LogP) is 9.58. The molecule has 2 aliphatic rings. The Hall–Kier alpha value is -4.37. The first-order valence-electron chi connectivity index (χ1n) is 15.3. The van der Waals surface area contributed by atoms with E-state index in [0.29, 0.717) is 11.4 Å². The van der Waals surface area contributed by atoms with Crippen LogP contribution in [0.5, 0.6) is 11.5 Å². The van der Waals surface area contributed by atoms with Gasteiger partial charge in [0.15, 0.2) is 5.69 Å². The monoisotopic (exact) mass is 571 g/mol. The number of hydrogen-bond donors (Lipinski definition) is 0. The van der Waals surface area contributed by atoms with Crippen molar-refractivity contribution in [1.29, 1.82) is 0 Å². The van der Waals surface area contributed by atoms with Gasteiger partial charge in [0, 0.05) is 49.0 Å². The summed E-state index contributed by atoms with van der Waals surface area (Å²) < 4.78 is 6.54. The van der Waals surface area contributed by atoms with Gasteiger partial charge in [-0.15, -0.1) is 0 Å². The Morgan fingerprint density at radius 1 is 0.698 bits per heavy atom. The minimum Gasteiger partial charge on any atom is -0.459 e. The van der Waals surface area contributed by atoms with Crippen molar-refractivity contribution in [3.63, 3.8) is 0 Å². The van der Waals surface area contributed by atoms with Gasteiger partial charge in [0.25, 0.3) is 0 Å². The number of aromatic nitrogens is 2. The van der Waals surface area contributed by atoms with E-state index >= 15 is 0 Å². The second kappa shape index (κ2) is 11.0. The van der Waals surface area contributed by atoms with E-state index < -0.39 is 0 Å². The van der Waals surface area contributed by atoms with Gasteiger partial charge in [-0.1, -0.05) is 47.6 Å². The number of anilines is 4. The summed E-state index contributed by atoms with van der Waals surface area (Å²) in [6, 6.07) is 18.9. The number of hydrogen-bond acceptors (Lipinski definition) is 5. The van der Waals surface area contributed by atoms with Crippen LogP contribution in [-0.4, -0.2) is 23.1 Å². The van der Waals surface area contributed by atoms with E-state index in [2.05, 4.69) is 98.7 Å². The molecular weight excluding hydrogens is 530 g/mol. The second-order valence-electron chi connectivity index (χ2n) is 13.8. The van der Waals surface area contributed by atoms with Crippen LogP contribution in [0, 0.1) is 6.57 Å². The average molecular weight is 572 g/mol. The Morgan fingerprint density at radius 2 is 1.28 bits per heavy atom. The number of pyridine rings is 2. The average Bonchev–Trinajstić information content (AvgIpc) is 2.99. The molecule has 0 spiro atoms. The van der Waals surface area contributed by atoms with Crippen LogP contribution in [0.1, 0.15) is 76.6 Å². The fourth-order valence-electron chi connectivity index (χ4n) is 6.10. The van der Waals surface area contributed by atoms with Crippen molar-refractivity contribution < 1.29 is 4.74 Å². The molecule has 0 fully saturated rings. The first-order chi connectivity index (χ1) is 20.5. The zero-order chi connectivity index (χ0) is 30.4. The molecule has 0 saturated carbocycles. The minimum atomic E-state index is 0.0207. The van der Waals surface area contributed by atoms with Gasteiger partial charge < -0.3 is 14.5 Å². The summed E-state index contributed by atoms with van der Waals surface area (Å²) in [5.41, 5.74) is 7.73. The molecule has 6 rings (SSSR count). The molecule has 6 heteroatoms. The molecule has 0 amide bonds. The first kappa shape index (κ1) is 28.7. The van der Waals surface area contributed by atoms with E-state index in [1.54, 1.807) is 0 Å². The van der Waals surface area contributed by atoms with Crippen molar-refractivity contribution in [2.24, 2.45) is 0 Å². The summed E-state index contributed by atoms with van der Waals surface area (Å²) >= 11 is 0. The van der Waals surface area contributed by atoms with E-state index in [0.717, 1.165) is 73.1 Å². The Kier molecular flexibility index (Phi) is 7.38. The van der Waals surface area contributed by atoms with Gasteiger partial charge in [-0.25, -0.2) is 14.8 Å². The smallest absolute Gasteiger partial charge is 0.196 e. The first-order valence-corrected chi connectivity index (χ1v) is 15.3. The molecule has 0 aliphatic carbocycles. The van der Waals surface area contributed by atoms with Crippen molar-refractivity contribution >= 4 is 28.7 Å². The molecule has 4 aromatic rings. The molecule has 0 N–H and O–H groups in total. The third-order valence-corrected chi connectivity index (χ3v) is 8.58. The molecule has 2 aliphatic heterocycles. The van der Waals surface area contributed by atoms with Crippen LogP contribution in [-0.2, 0) is 23.7 Å². The molecule has 220 valence electrons. The van der Waals surface area contributed by atoms with Gasteiger partial charge >= 0.3 is 0 Å². The maximum absolute atomic E-state index is 7.98. The third kappa shape index (κ3) is 5.82. The molecule has 43 heavy (non-hydrogen) atoms. The molecule has 2 aromatic heterocycles. The Labute approximate surface area is 256 Å². The summed E-state index contributed by atoms with van der Waals surface area (Å²) in [4.78, 5) is 18.0. The van der Waals surface area contributed by atoms with E-state index in [-0.39, 0.29) is 10.8 Å². The van der Waals surface area contributed by atoms with Crippen LogP contribution < -0.4 is 14.5 Å². The molecule has 0 saturated heterocycles. The molecule has 6 nitrogen and oxygen atoms in total. The summed E-state index contributed by atoms with van der Waals surface area (Å²) in [6.07, 6.45) is 7.77. The van der Waals surface area contributed by atoms with Crippen molar-refractivity contribution in [2.45, 2.75) is 78.1 Å². The summed E-state index contributed by atoms with van der Waals surface area (Å²) in [5, 5.41) is 0. The number of fused-ring (bicyclic) bond motifs is 2. The zero-order valence-electron chi connectivity index (χ0n) is 26.2. The maximum atomic E-state index is 7.98. The number of rotatable bonds is 4. The maximum Gasteiger partial charge on any atom is 0.196 e. The lowest BCUT2D eigenvalue weighted by atomic mass is 9.87.